The minimum absolute atomic E-state index is 0.558. The minimum Gasteiger partial charge on any atom is -0.478 e. The van der Waals surface area contributed by atoms with Crippen LogP contribution in [0.5, 0.6) is 0 Å². The van der Waals surface area contributed by atoms with E-state index in [0.717, 1.165) is 31.2 Å². The number of rotatable bonds is 6. The number of aliphatic carboxylic acids is 2. The molecule has 28 heavy (non-hydrogen) atoms. The highest BCUT2D eigenvalue weighted by Gasteiger charge is 2.08. The van der Waals surface area contributed by atoms with Crippen molar-refractivity contribution in [2.45, 2.75) is 6.92 Å². The molecule has 2 aromatic rings. The van der Waals surface area contributed by atoms with Crippen molar-refractivity contribution in [3.8, 4) is 11.1 Å². The molecule has 3 rings (SSSR count). The third-order valence-corrected chi connectivity index (χ3v) is 3.92. The Morgan fingerprint density at radius 2 is 1.64 bits per heavy atom. The number of amidine groups is 1. The van der Waals surface area contributed by atoms with Crippen molar-refractivity contribution in [3.63, 3.8) is 0 Å². The fraction of sp³-hybridized carbons (Fsp3) is 0.190. The van der Waals surface area contributed by atoms with Gasteiger partial charge < -0.3 is 20.8 Å². The predicted octanol–water partition coefficient (Wildman–Crippen LogP) is 2.79. The molecule has 2 aromatic carbocycles. The van der Waals surface area contributed by atoms with Crippen molar-refractivity contribution in [1.82, 2.24) is 5.32 Å². The number of carbonyl (C=O) groups is 2. The molecule has 4 N–H and O–H groups in total. The monoisotopic (exact) mass is 381 g/mol. The van der Waals surface area contributed by atoms with E-state index in [-0.39, 0.29) is 0 Å². The number of hydrogen-bond donors (Lipinski definition) is 4. The molecule has 1 heterocycles. The molecular weight excluding hydrogens is 358 g/mol. The molecule has 0 saturated heterocycles. The summed E-state index contributed by atoms with van der Waals surface area (Å²) < 4.78 is 0. The van der Waals surface area contributed by atoms with Gasteiger partial charge in [0.15, 0.2) is 0 Å². The average Bonchev–Trinajstić information content (AvgIpc) is 3.20. The average molecular weight is 381 g/mol. The van der Waals surface area contributed by atoms with Crippen LogP contribution in [0.3, 0.4) is 0 Å². The third kappa shape index (κ3) is 6.60. The number of aryl methyl sites for hydroxylation is 1. The van der Waals surface area contributed by atoms with E-state index in [1.54, 1.807) is 0 Å². The van der Waals surface area contributed by atoms with E-state index in [0.29, 0.717) is 12.2 Å². The summed E-state index contributed by atoms with van der Waals surface area (Å²) in [4.78, 5) is 23.5. The van der Waals surface area contributed by atoms with Crippen molar-refractivity contribution in [1.29, 1.82) is 0 Å². The van der Waals surface area contributed by atoms with Crippen LogP contribution in [0.1, 0.15) is 5.56 Å². The molecule has 7 heteroatoms. The Hall–Kier alpha value is -3.61. The first kappa shape index (κ1) is 20.7. The van der Waals surface area contributed by atoms with Crippen molar-refractivity contribution < 1.29 is 19.8 Å². The molecule has 0 unspecified atom stereocenters. The van der Waals surface area contributed by atoms with Crippen molar-refractivity contribution in [3.05, 3.63) is 66.2 Å². The van der Waals surface area contributed by atoms with Crippen molar-refractivity contribution in [2.75, 3.05) is 25.0 Å². The van der Waals surface area contributed by atoms with E-state index in [4.69, 9.17) is 10.2 Å². The number of nitrogens with one attached hydrogen (secondary N) is 2. The van der Waals surface area contributed by atoms with Crippen molar-refractivity contribution in [2.24, 2.45) is 4.99 Å². The van der Waals surface area contributed by atoms with E-state index in [2.05, 4.69) is 71.1 Å². The molecular formula is C21H23N3O4. The molecule has 7 nitrogen and oxygen atoms in total. The maximum absolute atomic E-state index is 9.55. The number of para-hydroxylation sites is 1. The lowest BCUT2D eigenvalue weighted by molar-refractivity contribution is -0.134. The minimum atomic E-state index is -1.26. The number of benzene rings is 2. The van der Waals surface area contributed by atoms with Gasteiger partial charge in [0, 0.05) is 29.9 Å². The van der Waals surface area contributed by atoms with E-state index >= 15 is 0 Å². The molecule has 0 radical (unpaired) electrons. The molecule has 0 atom stereocenters. The largest absolute Gasteiger partial charge is 0.478 e. The fourth-order valence-electron chi connectivity index (χ4n) is 2.63. The number of carboxylic acids is 2. The summed E-state index contributed by atoms with van der Waals surface area (Å²) in [5, 5.41) is 22.4. The predicted molar refractivity (Wildman–Crippen MR) is 110 cm³/mol. The number of carboxylic acid groups (broad SMARTS) is 2. The van der Waals surface area contributed by atoms with E-state index < -0.39 is 11.9 Å². The lowest BCUT2D eigenvalue weighted by atomic mass is 9.99. The van der Waals surface area contributed by atoms with Gasteiger partial charge in [-0.15, -0.1) is 0 Å². The highest BCUT2D eigenvalue weighted by Crippen LogP contribution is 2.30. The fourth-order valence-corrected chi connectivity index (χ4v) is 2.63. The topological polar surface area (TPSA) is 111 Å². The SMILES string of the molecule is Cc1ccccc1-c1ccccc1NCC1=NCCN1.O=C(O)/C=C/C(=O)O. The Bertz CT molecular complexity index is 875. The molecule has 0 aromatic heterocycles. The molecule has 0 saturated carbocycles. The van der Waals surface area contributed by atoms with E-state index in [1.165, 1.54) is 16.7 Å². The van der Waals surface area contributed by atoms with Gasteiger partial charge in [0.25, 0.3) is 0 Å². The summed E-state index contributed by atoms with van der Waals surface area (Å²) in [7, 11) is 0. The third-order valence-electron chi connectivity index (χ3n) is 3.92. The lowest BCUT2D eigenvalue weighted by Crippen LogP contribution is -2.26. The summed E-state index contributed by atoms with van der Waals surface area (Å²) in [6.07, 6.45) is 1.12. The van der Waals surface area contributed by atoms with Gasteiger partial charge in [-0.2, -0.15) is 0 Å². The molecule has 0 aliphatic carbocycles. The second-order valence-electron chi connectivity index (χ2n) is 5.98. The highest BCUT2D eigenvalue weighted by atomic mass is 16.4. The molecule has 0 fully saturated rings. The molecule has 0 spiro atoms. The molecule has 0 amide bonds. The smallest absolute Gasteiger partial charge is 0.328 e. The molecule has 1 aliphatic rings. The lowest BCUT2D eigenvalue weighted by Gasteiger charge is -2.14. The van der Waals surface area contributed by atoms with Gasteiger partial charge in [-0.25, -0.2) is 9.59 Å². The first-order chi connectivity index (χ1) is 13.5. The summed E-state index contributed by atoms with van der Waals surface area (Å²) in [6.45, 7) is 4.74. The Labute approximate surface area is 163 Å². The quantitative estimate of drug-likeness (QED) is 0.573. The summed E-state index contributed by atoms with van der Waals surface area (Å²) in [5.74, 6) is -1.47. The number of nitrogens with zero attached hydrogens (tertiary/aromatic N) is 1. The number of anilines is 1. The first-order valence-corrected chi connectivity index (χ1v) is 8.77. The van der Waals surface area contributed by atoms with Gasteiger partial charge in [-0.3, -0.25) is 4.99 Å². The Balaban J connectivity index is 0.000000300. The van der Waals surface area contributed by atoms with Crippen LogP contribution in [0.15, 0.2) is 65.7 Å². The maximum Gasteiger partial charge on any atom is 0.328 e. The summed E-state index contributed by atoms with van der Waals surface area (Å²) >= 11 is 0. The Morgan fingerprint density at radius 3 is 2.21 bits per heavy atom. The van der Waals surface area contributed by atoms with E-state index in [9.17, 15) is 9.59 Å². The molecule has 0 bridgehead atoms. The van der Waals surface area contributed by atoms with Crippen LogP contribution in [-0.2, 0) is 9.59 Å². The van der Waals surface area contributed by atoms with Crippen molar-refractivity contribution >= 4 is 23.5 Å². The van der Waals surface area contributed by atoms with Crippen LogP contribution in [0.4, 0.5) is 5.69 Å². The molecule has 146 valence electrons. The van der Waals surface area contributed by atoms with Crippen LogP contribution < -0.4 is 10.6 Å². The highest BCUT2D eigenvalue weighted by molar-refractivity contribution is 5.90. The van der Waals surface area contributed by atoms with Gasteiger partial charge >= 0.3 is 11.9 Å². The Kier molecular flexibility index (Phi) is 7.77. The summed E-state index contributed by atoms with van der Waals surface area (Å²) in [6, 6.07) is 16.9. The summed E-state index contributed by atoms with van der Waals surface area (Å²) in [5.41, 5.74) is 4.96. The van der Waals surface area contributed by atoms with Crippen LogP contribution in [0.2, 0.25) is 0 Å². The van der Waals surface area contributed by atoms with Gasteiger partial charge in [-0.1, -0.05) is 42.5 Å². The Morgan fingerprint density at radius 1 is 1.04 bits per heavy atom. The standard InChI is InChI=1S/C17H19N3.C4H4O4/c1-13-6-2-3-7-14(13)15-8-4-5-9-16(15)20-12-17-18-10-11-19-17;5-3(6)1-2-4(7)8/h2-9,20H,10-12H2,1H3,(H,18,19);1-2H,(H,5,6)(H,7,8)/b;2-1+. The van der Waals surface area contributed by atoms with Crippen LogP contribution in [0.25, 0.3) is 11.1 Å². The van der Waals surface area contributed by atoms with Gasteiger partial charge in [0.2, 0.25) is 0 Å². The van der Waals surface area contributed by atoms with Crippen LogP contribution >= 0.6 is 0 Å². The maximum atomic E-state index is 9.55. The molecule has 1 aliphatic heterocycles. The second kappa shape index (κ2) is 10.5. The number of hydrogen-bond acceptors (Lipinski definition) is 5. The zero-order valence-corrected chi connectivity index (χ0v) is 15.6. The normalized spacial score (nSPS) is 12.5. The van der Waals surface area contributed by atoms with Crippen LogP contribution in [0, 0.1) is 6.92 Å². The first-order valence-electron chi connectivity index (χ1n) is 8.77. The number of aliphatic imine (C=N–C) groups is 1. The van der Waals surface area contributed by atoms with E-state index in [1.807, 2.05) is 0 Å². The van der Waals surface area contributed by atoms with Crippen LogP contribution in [-0.4, -0.2) is 47.6 Å². The van der Waals surface area contributed by atoms with Gasteiger partial charge in [0.1, 0.15) is 5.84 Å². The van der Waals surface area contributed by atoms with Gasteiger partial charge in [-0.05, 0) is 24.1 Å². The zero-order chi connectivity index (χ0) is 20.4. The zero-order valence-electron chi connectivity index (χ0n) is 15.6. The second-order valence-corrected chi connectivity index (χ2v) is 5.98. The van der Waals surface area contributed by atoms with Gasteiger partial charge in [0.05, 0.1) is 13.1 Å².